The number of amidine groups is 1. The molecule has 0 unspecified atom stereocenters. The van der Waals surface area contributed by atoms with Crippen LogP contribution in [0.25, 0.3) is 0 Å². The first-order valence-corrected chi connectivity index (χ1v) is 5.30. The van der Waals surface area contributed by atoms with Gasteiger partial charge in [0, 0.05) is 12.4 Å². The molecule has 0 amide bonds. The molecule has 7 heteroatoms. The highest BCUT2D eigenvalue weighted by molar-refractivity contribution is 5.97. The van der Waals surface area contributed by atoms with Crippen LogP contribution in [0.1, 0.15) is 18.5 Å². The number of oxime groups is 1. The molecule has 92 valence electrons. The summed E-state index contributed by atoms with van der Waals surface area (Å²) in [6.07, 6.45) is 4.17. The van der Waals surface area contributed by atoms with Crippen LogP contribution in [0.15, 0.2) is 17.5 Å². The Morgan fingerprint density at radius 2 is 2.18 bits per heavy atom. The van der Waals surface area contributed by atoms with E-state index in [0.29, 0.717) is 12.5 Å². The molecule has 1 saturated carbocycles. The second kappa shape index (κ2) is 4.96. The summed E-state index contributed by atoms with van der Waals surface area (Å²) in [7, 11) is 0. The van der Waals surface area contributed by atoms with Gasteiger partial charge in [0.05, 0.1) is 12.7 Å². The molecule has 1 fully saturated rings. The lowest BCUT2D eigenvalue weighted by molar-refractivity contribution is 0.0193. The molecule has 1 heterocycles. The van der Waals surface area contributed by atoms with E-state index in [2.05, 4.69) is 15.1 Å². The summed E-state index contributed by atoms with van der Waals surface area (Å²) in [4.78, 5) is 7.91. The lowest BCUT2D eigenvalue weighted by Crippen LogP contribution is -2.33. The van der Waals surface area contributed by atoms with Gasteiger partial charge >= 0.3 is 0 Å². The molecule has 1 aliphatic rings. The minimum absolute atomic E-state index is 0.137. The van der Waals surface area contributed by atoms with Gasteiger partial charge in [0.25, 0.3) is 0 Å². The number of nitrogens with two attached hydrogens (primary N) is 1. The van der Waals surface area contributed by atoms with E-state index >= 15 is 0 Å². The summed E-state index contributed by atoms with van der Waals surface area (Å²) < 4.78 is 5.46. The normalized spacial score (nSPS) is 24.2. The van der Waals surface area contributed by atoms with Gasteiger partial charge in [0.2, 0.25) is 5.88 Å². The molecule has 17 heavy (non-hydrogen) atoms. The van der Waals surface area contributed by atoms with Crippen LogP contribution >= 0.6 is 0 Å². The van der Waals surface area contributed by atoms with E-state index in [0.717, 1.165) is 12.8 Å². The van der Waals surface area contributed by atoms with Crippen LogP contribution in [0.3, 0.4) is 0 Å². The molecule has 4 N–H and O–H groups in total. The van der Waals surface area contributed by atoms with Crippen molar-refractivity contribution in [3.63, 3.8) is 0 Å². The van der Waals surface area contributed by atoms with E-state index in [1.165, 1.54) is 12.4 Å². The zero-order chi connectivity index (χ0) is 12.3. The van der Waals surface area contributed by atoms with E-state index < -0.39 is 0 Å². The van der Waals surface area contributed by atoms with Crippen molar-refractivity contribution in [1.82, 2.24) is 9.97 Å². The van der Waals surface area contributed by atoms with E-state index in [-0.39, 0.29) is 23.5 Å². The van der Waals surface area contributed by atoms with Crippen LogP contribution in [0, 0.1) is 5.92 Å². The van der Waals surface area contributed by atoms with Crippen molar-refractivity contribution in [3.8, 4) is 5.88 Å². The van der Waals surface area contributed by atoms with E-state index in [1.54, 1.807) is 0 Å². The predicted molar refractivity (Wildman–Crippen MR) is 58.8 cm³/mol. The third kappa shape index (κ3) is 2.62. The molecular formula is C10H14N4O3. The Hall–Kier alpha value is -1.89. The van der Waals surface area contributed by atoms with Crippen LogP contribution in [0.5, 0.6) is 5.88 Å². The second-order valence-electron chi connectivity index (χ2n) is 4.00. The smallest absolute Gasteiger partial charge is 0.243 e. The monoisotopic (exact) mass is 238 g/mol. The Balaban J connectivity index is 2.00. The summed E-state index contributed by atoms with van der Waals surface area (Å²) in [5, 5.41) is 20.6. The van der Waals surface area contributed by atoms with Crippen molar-refractivity contribution >= 4 is 5.84 Å². The maximum Gasteiger partial charge on any atom is 0.243 e. The lowest BCUT2D eigenvalue weighted by Gasteiger charge is -2.30. The van der Waals surface area contributed by atoms with E-state index in [4.69, 9.17) is 20.8 Å². The molecule has 0 aliphatic heterocycles. The predicted octanol–water partition coefficient (Wildman–Crippen LogP) is -0.279. The molecule has 0 atom stereocenters. The first kappa shape index (κ1) is 11.6. The fourth-order valence-corrected chi connectivity index (χ4v) is 1.69. The van der Waals surface area contributed by atoms with Gasteiger partial charge in [-0.25, -0.2) is 9.97 Å². The average molecular weight is 238 g/mol. The van der Waals surface area contributed by atoms with Gasteiger partial charge in [-0.15, -0.1) is 0 Å². The highest BCUT2D eigenvalue weighted by Gasteiger charge is 2.28. The van der Waals surface area contributed by atoms with Crippen LogP contribution < -0.4 is 10.5 Å². The summed E-state index contributed by atoms with van der Waals surface area (Å²) >= 11 is 0. The van der Waals surface area contributed by atoms with E-state index in [1.807, 2.05) is 0 Å². The molecule has 0 aromatic carbocycles. The van der Waals surface area contributed by atoms with Crippen molar-refractivity contribution in [2.75, 3.05) is 6.61 Å². The number of rotatable bonds is 4. The molecule has 1 aromatic heterocycles. The number of aliphatic hydroxyl groups excluding tert-OH is 1. The summed E-state index contributed by atoms with van der Waals surface area (Å²) in [5.41, 5.74) is 5.66. The second-order valence-corrected chi connectivity index (χ2v) is 4.00. The number of aromatic nitrogens is 2. The van der Waals surface area contributed by atoms with Gasteiger partial charge in [-0.2, -0.15) is 0 Å². The van der Waals surface area contributed by atoms with Crippen LogP contribution in [0.2, 0.25) is 0 Å². The van der Waals surface area contributed by atoms with Crippen molar-refractivity contribution in [2.45, 2.75) is 18.9 Å². The Morgan fingerprint density at radius 1 is 1.47 bits per heavy atom. The van der Waals surface area contributed by atoms with Gasteiger partial charge in [0.15, 0.2) is 11.5 Å². The Morgan fingerprint density at radius 3 is 2.82 bits per heavy atom. The third-order valence-electron chi connectivity index (χ3n) is 2.68. The van der Waals surface area contributed by atoms with Crippen molar-refractivity contribution in [2.24, 2.45) is 16.8 Å². The zero-order valence-corrected chi connectivity index (χ0v) is 9.15. The van der Waals surface area contributed by atoms with Gasteiger partial charge in [-0.05, 0) is 18.8 Å². The maximum atomic E-state index is 9.14. The van der Waals surface area contributed by atoms with Crippen LogP contribution in [0.4, 0.5) is 0 Å². The SMILES string of the molecule is N/C(=N\O)c1nccnc1OCC1CC(O)C1. The Kier molecular flexibility index (Phi) is 3.38. The molecule has 0 radical (unpaired) electrons. The molecular weight excluding hydrogens is 224 g/mol. The molecule has 2 rings (SSSR count). The minimum Gasteiger partial charge on any atom is -0.476 e. The Bertz CT molecular complexity index is 418. The molecule has 0 spiro atoms. The van der Waals surface area contributed by atoms with Gasteiger partial charge in [-0.1, -0.05) is 5.16 Å². The standard InChI is InChI=1S/C10H14N4O3/c11-9(14-16)8-10(13-2-1-12-8)17-5-6-3-7(15)4-6/h1-2,6-7,15-16H,3-5H2,(H2,11,14). The van der Waals surface area contributed by atoms with Crippen LogP contribution in [-0.2, 0) is 0 Å². The number of nitrogens with zero attached hydrogens (tertiary/aromatic N) is 3. The van der Waals surface area contributed by atoms with Crippen molar-refractivity contribution < 1.29 is 15.1 Å². The third-order valence-corrected chi connectivity index (χ3v) is 2.68. The summed E-state index contributed by atoms with van der Waals surface area (Å²) in [5.74, 6) is 0.429. The number of aliphatic hydroxyl groups is 1. The van der Waals surface area contributed by atoms with Crippen molar-refractivity contribution in [3.05, 3.63) is 18.1 Å². The zero-order valence-electron chi connectivity index (χ0n) is 9.15. The topological polar surface area (TPSA) is 114 Å². The van der Waals surface area contributed by atoms with Gasteiger partial charge in [0.1, 0.15) is 0 Å². The Labute approximate surface area is 97.9 Å². The molecule has 0 saturated heterocycles. The molecule has 0 bridgehead atoms. The highest BCUT2D eigenvalue weighted by Crippen LogP contribution is 2.27. The largest absolute Gasteiger partial charge is 0.476 e. The van der Waals surface area contributed by atoms with Gasteiger partial charge in [-0.3, -0.25) is 0 Å². The fourth-order valence-electron chi connectivity index (χ4n) is 1.69. The van der Waals surface area contributed by atoms with Gasteiger partial charge < -0.3 is 20.8 Å². The van der Waals surface area contributed by atoms with E-state index in [9.17, 15) is 0 Å². The number of ether oxygens (including phenoxy) is 1. The number of hydrogen-bond acceptors (Lipinski definition) is 6. The highest BCUT2D eigenvalue weighted by atomic mass is 16.5. The average Bonchev–Trinajstić information content (AvgIpc) is 2.32. The lowest BCUT2D eigenvalue weighted by atomic mass is 9.83. The molecule has 1 aliphatic carbocycles. The molecule has 7 nitrogen and oxygen atoms in total. The number of hydrogen-bond donors (Lipinski definition) is 3. The summed E-state index contributed by atoms with van der Waals surface area (Å²) in [6, 6.07) is 0. The first-order chi connectivity index (χ1) is 8.20. The van der Waals surface area contributed by atoms with Crippen molar-refractivity contribution in [1.29, 1.82) is 0 Å². The van der Waals surface area contributed by atoms with Crippen LogP contribution in [-0.4, -0.2) is 38.8 Å². The quantitative estimate of drug-likeness (QED) is 0.288. The summed E-state index contributed by atoms with van der Waals surface area (Å²) in [6.45, 7) is 0.446. The minimum atomic E-state index is -0.214. The molecule has 1 aromatic rings. The maximum absolute atomic E-state index is 9.14. The first-order valence-electron chi connectivity index (χ1n) is 5.30. The fraction of sp³-hybridized carbons (Fsp3) is 0.500.